The van der Waals surface area contributed by atoms with Crippen molar-refractivity contribution in [2.75, 3.05) is 0 Å². The number of benzene rings is 1. The van der Waals surface area contributed by atoms with E-state index in [1.54, 1.807) is 6.07 Å². The normalized spacial score (nSPS) is 15.5. The molecule has 25 heavy (non-hydrogen) atoms. The molecule has 126 valence electrons. The van der Waals surface area contributed by atoms with Gasteiger partial charge >= 0.3 is 6.03 Å². The quantitative estimate of drug-likeness (QED) is 0.622. The zero-order chi connectivity index (χ0) is 18.1. The van der Waals surface area contributed by atoms with Gasteiger partial charge in [-0.25, -0.2) is 4.79 Å². The van der Waals surface area contributed by atoms with E-state index in [0.717, 1.165) is 18.4 Å². The van der Waals surface area contributed by atoms with Crippen LogP contribution in [0.25, 0.3) is 17.0 Å². The first-order chi connectivity index (χ1) is 11.9. The largest absolute Gasteiger partial charge is 0.463 e. The van der Waals surface area contributed by atoms with Crippen LogP contribution in [-0.2, 0) is 14.4 Å². The third-order valence-electron chi connectivity index (χ3n) is 3.47. The van der Waals surface area contributed by atoms with Crippen molar-refractivity contribution in [2.24, 2.45) is 5.92 Å². The fourth-order valence-corrected chi connectivity index (χ4v) is 2.45. The summed E-state index contributed by atoms with van der Waals surface area (Å²) in [6.45, 7) is 0. The molecule has 8 nitrogen and oxygen atoms in total. The fraction of sp³-hybridized carbons (Fsp3) is 0.0625. The lowest BCUT2D eigenvalue weighted by molar-refractivity contribution is -0.140. The van der Waals surface area contributed by atoms with E-state index in [1.165, 1.54) is 12.1 Å². The summed E-state index contributed by atoms with van der Waals surface area (Å²) in [4.78, 5) is 58.6. The Bertz CT molecular complexity index is 1000. The molecule has 1 saturated heterocycles. The molecular weight excluding hydrogens is 352 g/mol. The predicted octanol–water partition coefficient (Wildman–Crippen LogP) is 1.01. The minimum atomic E-state index is -1.70. The number of hydrogen-bond acceptors (Lipinski definition) is 6. The number of ketones is 1. The Balaban J connectivity index is 1.90. The van der Waals surface area contributed by atoms with Crippen LogP contribution in [0.1, 0.15) is 5.56 Å². The predicted molar refractivity (Wildman–Crippen MR) is 86.7 cm³/mol. The molecule has 0 saturated carbocycles. The summed E-state index contributed by atoms with van der Waals surface area (Å²) in [5.41, 5.74) is -0.0706. The van der Waals surface area contributed by atoms with E-state index in [1.807, 2.05) is 10.6 Å². The number of urea groups is 1. The van der Waals surface area contributed by atoms with E-state index >= 15 is 0 Å². The van der Waals surface area contributed by atoms with Gasteiger partial charge in [0.15, 0.2) is 17.1 Å². The smallest absolute Gasteiger partial charge is 0.328 e. The topological polar surface area (TPSA) is 123 Å². The fourth-order valence-electron chi connectivity index (χ4n) is 2.28. The molecule has 0 bridgehead atoms. The first-order valence-electron chi connectivity index (χ1n) is 6.95. The Hall–Kier alpha value is -3.26. The number of allylic oxidation sites excluding steroid dienone is 1. The Kier molecular flexibility index (Phi) is 4.20. The third-order valence-corrected chi connectivity index (χ3v) is 3.71. The molecule has 1 aliphatic heterocycles. The molecule has 0 radical (unpaired) electrons. The Morgan fingerprint density at radius 2 is 1.80 bits per heavy atom. The molecule has 0 spiro atoms. The number of carbonyl (C=O) groups is 4. The summed E-state index contributed by atoms with van der Waals surface area (Å²) in [5, 5.41) is 4.21. The van der Waals surface area contributed by atoms with Crippen LogP contribution in [0.5, 0.6) is 0 Å². The second kappa shape index (κ2) is 6.33. The molecule has 3 rings (SSSR count). The SMILES string of the molecule is O=C1NC(=O)C(C(=O)/C=C/c2coc3ccc(Cl)cc3c2=O)C(=O)N1. The van der Waals surface area contributed by atoms with Gasteiger partial charge in [0.05, 0.1) is 10.9 Å². The molecule has 9 heteroatoms. The maximum atomic E-state index is 12.4. The summed E-state index contributed by atoms with van der Waals surface area (Å²) in [5.74, 6) is -4.63. The lowest BCUT2D eigenvalue weighted by Crippen LogP contribution is -2.57. The van der Waals surface area contributed by atoms with Gasteiger partial charge in [0.25, 0.3) is 0 Å². The first kappa shape index (κ1) is 16.6. The lowest BCUT2D eigenvalue weighted by atomic mass is 9.99. The maximum Gasteiger partial charge on any atom is 0.328 e. The molecule has 2 heterocycles. The number of fused-ring (bicyclic) bond motifs is 1. The van der Waals surface area contributed by atoms with Gasteiger partial charge in [0.2, 0.25) is 11.8 Å². The van der Waals surface area contributed by atoms with Crippen LogP contribution in [0, 0.1) is 5.92 Å². The maximum absolute atomic E-state index is 12.4. The number of imide groups is 2. The van der Waals surface area contributed by atoms with Crippen LogP contribution in [0.3, 0.4) is 0 Å². The monoisotopic (exact) mass is 360 g/mol. The second-order valence-corrected chi connectivity index (χ2v) is 5.57. The van der Waals surface area contributed by atoms with Gasteiger partial charge in [-0.05, 0) is 30.4 Å². The molecule has 0 atom stereocenters. The van der Waals surface area contributed by atoms with E-state index in [-0.39, 0.29) is 10.9 Å². The van der Waals surface area contributed by atoms with E-state index in [2.05, 4.69) is 0 Å². The summed E-state index contributed by atoms with van der Waals surface area (Å²) < 4.78 is 5.29. The van der Waals surface area contributed by atoms with Gasteiger partial charge in [-0.15, -0.1) is 0 Å². The number of amides is 4. The van der Waals surface area contributed by atoms with Crippen LogP contribution < -0.4 is 16.1 Å². The number of rotatable bonds is 3. The molecule has 2 N–H and O–H groups in total. The van der Waals surface area contributed by atoms with Gasteiger partial charge in [-0.3, -0.25) is 29.8 Å². The summed E-state index contributed by atoms with van der Waals surface area (Å²) in [6, 6.07) is 3.53. The molecule has 0 aliphatic carbocycles. The number of carbonyl (C=O) groups excluding carboxylic acids is 4. The highest BCUT2D eigenvalue weighted by Gasteiger charge is 2.38. The van der Waals surface area contributed by atoms with E-state index < -0.39 is 35.0 Å². The van der Waals surface area contributed by atoms with Crippen molar-refractivity contribution in [3.05, 3.63) is 51.3 Å². The Morgan fingerprint density at radius 1 is 1.12 bits per heavy atom. The number of halogens is 1. The average molecular weight is 361 g/mol. The standard InChI is InChI=1S/C16H9ClN2O6/c17-8-2-4-11-9(5-8)13(21)7(6-25-11)1-3-10(20)12-14(22)18-16(24)19-15(12)23/h1-6,12H,(H2,18,19,22,23,24)/b3-1+. The zero-order valence-corrected chi connectivity index (χ0v) is 13.1. The van der Waals surface area contributed by atoms with Crippen LogP contribution in [0.15, 0.2) is 39.7 Å². The van der Waals surface area contributed by atoms with Gasteiger partial charge in [0, 0.05) is 5.02 Å². The molecular formula is C16H9ClN2O6. The van der Waals surface area contributed by atoms with Crippen molar-refractivity contribution in [1.82, 2.24) is 10.6 Å². The van der Waals surface area contributed by atoms with Crippen molar-refractivity contribution in [3.8, 4) is 0 Å². The van der Waals surface area contributed by atoms with Gasteiger partial charge in [-0.1, -0.05) is 11.6 Å². The summed E-state index contributed by atoms with van der Waals surface area (Å²) >= 11 is 5.85. The molecule has 0 unspecified atom stereocenters. The van der Waals surface area contributed by atoms with E-state index in [4.69, 9.17) is 16.0 Å². The van der Waals surface area contributed by atoms with Crippen molar-refractivity contribution in [3.63, 3.8) is 0 Å². The van der Waals surface area contributed by atoms with Gasteiger partial charge in [0.1, 0.15) is 11.8 Å². The number of barbiturate groups is 1. The Morgan fingerprint density at radius 3 is 2.48 bits per heavy atom. The molecule has 1 aromatic heterocycles. The van der Waals surface area contributed by atoms with Crippen molar-refractivity contribution in [2.45, 2.75) is 0 Å². The van der Waals surface area contributed by atoms with Crippen LogP contribution >= 0.6 is 11.6 Å². The molecule has 4 amide bonds. The minimum Gasteiger partial charge on any atom is -0.463 e. The zero-order valence-electron chi connectivity index (χ0n) is 12.4. The first-order valence-corrected chi connectivity index (χ1v) is 7.33. The van der Waals surface area contributed by atoms with E-state index in [9.17, 15) is 24.0 Å². The highest BCUT2D eigenvalue weighted by molar-refractivity contribution is 6.31. The molecule has 2 aromatic rings. The second-order valence-electron chi connectivity index (χ2n) is 5.14. The average Bonchev–Trinajstić information content (AvgIpc) is 2.54. The summed E-state index contributed by atoms with van der Waals surface area (Å²) in [7, 11) is 0. The highest BCUT2D eigenvalue weighted by Crippen LogP contribution is 2.17. The third kappa shape index (κ3) is 3.20. The van der Waals surface area contributed by atoms with Crippen molar-refractivity contribution in [1.29, 1.82) is 0 Å². The minimum absolute atomic E-state index is 0.0378. The molecule has 1 fully saturated rings. The van der Waals surface area contributed by atoms with Crippen molar-refractivity contribution < 1.29 is 23.6 Å². The highest BCUT2D eigenvalue weighted by atomic mass is 35.5. The summed E-state index contributed by atoms with van der Waals surface area (Å²) in [6.07, 6.45) is 3.18. The van der Waals surface area contributed by atoms with Crippen LogP contribution in [0.4, 0.5) is 4.79 Å². The lowest BCUT2D eigenvalue weighted by Gasteiger charge is -2.18. The number of nitrogens with one attached hydrogen (secondary N) is 2. The Labute approximate surface area is 144 Å². The van der Waals surface area contributed by atoms with Gasteiger partial charge < -0.3 is 4.42 Å². The number of hydrogen-bond donors (Lipinski definition) is 2. The van der Waals surface area contributed by atoms with Crippen LogP contribution in [-0.4, -0.2) is 23.6 Å². The van der Waals surface area contributed by atoms with E-state index in [0.29, 0.717) is 10.6 Å². The molecule has 1 aromatic carbocycles. The van der Waals surface area contributed by atoms with Crippen LogP contribution in [0.2, 0.25) is 5.02 Å². The van der Waals surface area contributed by atoms with Crippen molar-refractivity contribution >= 4 is 52.3 Å². The molecule has 1 aliphatic rings. The van der Waals surface area contributed by atoms with Gasteiger partial charge in [-0.2, -0.15) is 0 Å².